The molecule has 0 saturated carbocycles. The minimum atomic E-state index is -5.65. The number of alkyl halides is 5. The quantitative estimate of drug-likeness (QED) is 0.133. The summed E-state index contributed by atoms with van der Waals surface area (Å²) in [5.41, 5.74) is 1.83. The molecule has 1 fully saturated rings. The minimum Gasteiger partial charge on any atom is -0.376 e. The van der Waals surface area contributed by atoms with Crippen molar-refractivity contribution in [2.24, 2.45) is 5.16 Å². The fourth-order valence-corrected chi connectivity index (χ4v) is 4.85. The molecule has 9 nitrogen and oxygen atoms in total. The summed E-state index contributed by atoms with van der Waals surface area (Å²) in [5.74, 6) is 0.373. The highest BCUT2D eigenvalue weighted by molar-refractivity contribution is 8.00. The van der Waals surface area contributed by atoms with Crippen LogP contribution in [0.2, 0.25) is 0 Å². The standard InChI is InChI=1S/C26H27F5N4O5S/c1-15-20(36-2)21(37-3)22(38-4)24(39-15)40-33-13-16-5-7-17(8-6-16)23-32-14-35(34-23)18-9-11-19(12-10-18)41-26(30,31)25(27,28)29/h5-15,20-22,24H,1-4H3/b33-13+/t15-,20-,21+,22+,24-/m0/s1. The van der Waals surface area contributed by atoms with Crippen molar-refractivity contribution in [1.29, 1.82) is 0 Å². The molecule has 5 atom stereocenters. The summed E-state index contributed by atoms with van der Waals surface area (Å²) >= 11 is -0.570. The molecule has 222 valence electrons. The molecule has 15 heteroatoms. The zero-order valence-corrected chi connectivity index (χ0v) is 23.1. The molecule has 0 amide bonds. The molecule has 1 aliphatic heterocycles. The Morgan fingerprint density at radius 3 is 2.12 bits per heavy atom. The van der Waals surface area contributed by atoms with Crippen molar-refractivity contribution < 1.29 is 45.7 Å². The van der Waals surface area contributed by atoms with E-state index in [-0.39, 0.29) is 17.1 Å². The van der Waals surface area contributed by atoms with Gasteiger partial charge in [-0.05, 0) is 48.5 Å². The maximum atomic E-state index is 13.3. The monoisotopic (exact) mass is 602 g/mol. The van der Waals surface area contributed by atoms with E-state index in [2.05, 4.69) is 15.2 Å². The van der Waals surface area contributed by atoms with Crippen LogP contribution in [0.15, 0.2) is 64.9 Å². The van der Waals surface area contributed by atoms with Crippen LogP contribution >= 0.6 is 11.8 Å². The van der Waals surface area contributed by atoms with Gasteiger partial charge in [0.2, 0.25) is 0 Å². The largest absolute Gasteiger partial charge is 0.464 e. The third-order valence-electron chi connectivity index (χ3n) is 6.25. The Balaban J connectivity index is 1.38. The molecule has 1 aromatic heterocycles. The van der Waals surface area contributed by atoms with Crippen LogP contribution in [0.4, 0.5) is 22.0 Å². The van der Waals surface area contributed by atoms with Crippen LogP contribution < -0.4 is 0 Å². The van der Waals surface area contributed by atoms with E-state index in [1.807, 2.05) is 6.92 Å². The van der Waals surface area contributed by atoms with E-state index in [0.717, 1.165) is 12.1 Å². The number of rotatable bonds is 10. The van der Waals surface area contributed by atoms with Crippen molar-refractivity contribution >= 4 is 18.0 Å². The second kappa shape index (κ2) is 12.8. The van der Waals surface area contributed by atoms with E-state index < -0.39 is 41.7 Å². The van der Waals surface area contributed by atoms with Crippen LogP contribution in [0.5, 0.6) is 0 Å². The van der Waals surface area contributed by atoms with Gasteiger partial charge >= 0.3 is 11.4 Å². The lowest BCUT2D eigenvalue weighted by atomic mass is 9.99. The maximum Gasteiger partial charge on any atom is 0.464 e. The number of hydrogen-bond acceptors (Lipinski definition) is 9. The fraction of sp³-hybridized carbons (Fsp3) is 0.423. The van der Waals surface area contributed by atoms with Crippen LogP contribution in [0, 0.1) is 0 Å². The highest BCUT2D eigenvalue weighted by Crippen LogP contribution is 2.47. The van der Waals surface area contributed by atoms with Crippen molar-refractivity contribution in [3.05, 3.63) is 60.4 Å². The van der Waals surface area contributed by atoms with E-state index >= 15 is 0 Å². The molecule has 3 aromatic rings. The summed E-state index contributed by atoms with van der Waals surface area (Å²) in [6.45, 7) is 1.84. The van der Waals surface area contributed by atoms with E-state index in [9.17, 15) is 22.0 Å². The van der Waals surface area contributed by atoms with Gasteiger partial charge in [0, 0.05) is 31.8 Å². The first-order chi connectivity index (χ1) is 19.5. The van der Waals surface area contributed by atoms with Gasteiger partial charge in [0.05, 0.1) is 18.0 Å². The lowest BCUT2D eigenvalue weighted by Crippen LogP contribution is -2.59. The average Bonchev–Trinajstić information content (AvgIpc) is 3.43. The average molecular weight is 603 g/mol. The number of halogens is 5. The molecular formula is C26H27F5N4O5S. The van der Waals surface area contributed by atoms with Gasteiger partial charge in [-0.1, -0.05) is 29.4 Å². The summed E-state index contributed by atoms with van der Waals surface area (Å²) in [6, 6.07) is 12.2. The Morgan fingerprint density at radius 2 is 1.54 bits per heavy atom. The minimum absolute atomic E-state index is 0.238. The summed E-state index contributed by atoms with van der Waals surface area (Å²) in [5, 5.41) is 3.50. The lowest BCUT2D eigenvalue weighted by Gasteiger charge is -2.42. The molecule has 1 aliphatic rings. The number of oxime groups is 1. The number of benzene rings is 2. The first-order valence-corrected chi connectivity index (χ1v) is 13.0. The first-order valence-electron chi connectivity index (χ1n) is 12.2. The normalized spacial score (nSPS) is 23.7. The topological polar surface area (TPSA) is 89.2 Å². The molecule has 0 radical (unpaired) electrons. The summed E-state index contributed by atoms with van der Waals surface area (Å²) in [4.78, 5) is 9.58. The van der Waals surface area contributed by atoms with E-state index in [0.29, 0.717) is 22.6 Å². The molecule has 1 saturated heterocycles. The Kier molecular flexibility index (Phi) is 9.64. The van der Waals surface area contributed by atoms with Gasteiger partial charge in [-0.3, -0.25) is 0 Å². The van der Waals surface area contributed by atoms with Crippen LogP contribution in [-0.2, 0) is 23.8 Å². The Bertz CT molecular complexity index is 1310. The number of thioether (sulfide) groups is 1. The molecule has 0 unspecified atom stereocenters. The lowest BCUT2D eigenvalue weighted by molar-refractivity contribution is -0.305. The van der Waals surface area contributed by atoms with Gasteiger partial charge in [0.1, 0.15) is 18.5 Å². The molecule has 41 heavy (non-hydrogen) atoms. The molecular weight excluding hydrogens is 575 g/mol. The van der Waals surface area contributed by atoms with Crippen LogP contribution in [0.25, 0.3) is 17.1 Å². The van der Waals surface area contributed by atoms with Crippen LogP contribution in [-0.4, -0.2) is 84.4 Å². The number of methoxy groups -OCH3 is 3. The number of ether oxygens (including phenoxy) is 4. The van der Waals surface area contributed by atoms with E-state index in [4.69, 9.17) is 23.8 Å². The predicted molar refractivity (Wildman–Crippen MR) is 139 cm³/mol. The van der Waals surface area contributed by atoms with Crippen LogP contribution in [0.3, 0.4) is 0 Å². The highest BCUT2D eigenvalue weighted by atomic mass is 32.2. The SMILES string of the molecule is CO[C@@H]1[C@@H](OC)[C@H](C)O[C@@H](O/N=C/c2ccc(-c3ncn(-c4ccc(SC(F)(F)C(F)(F)F)cc4)n3)cc2)[C@@H]1OC. The van der Waals surface area contributed by atoms with Crippen molar-refractivity contribution in [1.82, 2.24) is 14.8 Å². The Labute approximate surface area is 236 Å². The Morgan fingerprint density at radius 1 is 0.902 bits per heavy atom. The summed E-state index contributed by atoms with van der Waals surface area (Å²) in [6.07, 6.45) is -5.21. The van der Waals surface area contributed by atoms with Crippen molar-refractivity contribution in [3.63, 3.8) is 0 Å². The molecule has 0 spiro atoms. The van der Waals surface area contributed by atoms with Crippen molar-refractivity contribution in [2.75, 3.05) is 21.3 Å². The maximum absolute atomic E-state index is 13.3. The third-order valence-corrected chi connectivity index (χ3v) is 7.24. The molecule has 2 aromatic carbocycles. The van der Waals surface area contributed by atoms with Crippen molar-refractivity contribution in [2.45, 2.75) is 54.0 Å². The zero-order valence-electron chi connectivity index (χ0n) is 22.3. The molecule has 4 rings (SSSR count). The number of aromatic nitrogens is 3. The molecule has 0 aliphatic carbocycles. The zero-order chi connectivity index (χ0) is 29.8. The Hall–Kier alpha value is -3.11. The summed E-state index contributed by atoms with van der Waals surface area (Å²) in [7, 11) is 4.65. The van der Waals surface area contributed by atoms with E-state index in [1.165, 1.54) is 36.5 Å². The number of nitrogens with zero attached hydrogens (tertiary/aromatic N) is 4. The van der Waals surface area contributed by atoms with Gasteiger partial charge < -0.3 is 23.8 Å². The molecule has 0 bridgehead atoms. The first kappa shape index (κ1) is 30.8. The molecule has 0 N–H and O–H groups in total. The number of hydrogen-bond donors (Lipinski definition) is 0. The van der Waals surface area contributed by atoms with Crippen LogP contribution in [0.1, 0.15) is 12.5 Å². The van der Waals surface area contributed by atoms with Gasteiger partial charge in [0.15, 0.2) is 11.9 Å². The second-order valence-corrected chi connectivity index (χ2v) is 10.1. The fourth-order valence-electron chi connectivity index (χ4n) is 4.16. The van der Waals surface area contributed by atoms with Gasteiger partial charge in [-0.2, -0.15) is 22.0 Å². The van der Waals surface area contributed by atoms with Gasteiger partial charge in [0.25, 0.3) is 6.29 Å². The van der Waals surface area contributed by atoms with Gasteiger partial charge in [-0.25, -0.2) is 9.67 Å². The van der Waals surface area contributed by atoms with E-state index in [1.54, 1.807) is 38.5 Å². The predicted octanol–water partition coefficient (Wildman–Crippen LogP) is 5.32. The summed E-state index contributed by atoms with van der Waals surface area (Å²) < 4.78 is 87.7. The molecule has 2 heterocycles. The smallest absolute Gasteiger partial charge is 0.376 e. The van der Waals surface area contributed by atoms with Gasteiger partial charge in [-0.15, -0.1) is 5.10 Å². The highest BCUT2D eigenvalue weighted by Gasteiger charge is 2.58. The van der Waals surface area contributed by atoms with Crippen molar-refractivity contribution in [3.8, 4) is 17.1 Å². The third kappa shape index (κ3) is 7.04. The second-order valence-electron chi connectivity index (χ2n) is 8.90.